The number of carbonyl (C=O) groups is 2. The van der Waals surface area contributed by atoms with Crippen molar-refractivity contribution in [3.05, 3.63) is 64.5 Å². The minimum Gasteiger partial charge on any atom is -0.339 e. The van der Waals surface area contributed by atoms with Gasteiger partial charge in [-0.2, -0.15) is 4.98 Å². The molecule has 180 valence electrons. The zero-order chi connectivity index (χ0) is 24.6. The predicted molar refractivity (Wildman–Crippen MR) is 137 cm³/mol. The lowest BCUT2D eigenvalue weighted by Crippen LogP contribution is -2.12. The molecule has 9 nitrogen and oxygen atoms in total. The van der Waals surface area contributed by atoms with Gasteiger partial charge in [-0.25, -0.2) is 0 Å². The van der Waals surface area contributed by atoms with Crippen LogP contribution in [0.4, 0.5) is 10.8 Å². The van der Waals surface area contributed by atoms with Crippen LogP contribution in [0.2, 0.25) is 10.0 Å². The van der Waals surface area contributed by atoms with Crippen LogP contribution >= 0.6 is 46.3 Å². The molecule has 2 aromatic heterocycles. The van der Waals surface area contributed by atoms with Gasteiger partial charge in [0.2, 0.25) is 28.7 Å². The standard InChI is InChI=1S/C22H18Cl2N6O3S2/c23-14-3-1-13(2-4-14)20-27-19(33-30-20)10-9-17(31)26-21-28-29-22(35-21)34-12-11-18(32)25-16-7-5-15(24)6-8-16/h1-8H,9-12H2,(H,25,32)(H,26,28,31). The van der Waals surface area contributed by atoms with Gasteiger partial charge in [-0.15, -0.1) is 10.2 Å². The molecule has 2 amide bonds. The number of hydrogen-bond donors (Lipinski definition) is 2. The number of anilines is 2. The third kappa shape index (κ3) is 7.76. The average Bonchev–Trinajstić information content (AvgIpc) is 3.49. The topological polar surface area (TPSA) is 123 Å². The number of benzene rings is 2. The first-order chi connectivity index (χ1) is 16.9. The van der Waals surface area contributed by atoms with Crippen LogP contribution in [-0.4, -0.2) is 37.9 Å². The van der Waals surface area contributed by atoms with Crippen molar-refractivity contribution >= 4 is 68.9 Å². The SMILES string of the molecule is O=C(CCSc1nnc(NC(=O)CCc2nc(-c3ccc(Cl)cc3)no2)s1)Nc1ccc(Cl)cc1. The molecule has 13 heteroatoms. The molecule has 0 saturated heterocycles. The van der Waals surface area contributed by atoms with Crippen molar-refractivity contribution in [2.45, 2.75) is 23.6 Å². The van der Waals surface area contributed by atoms with Crippen molar-refractivity contribution in [3.8, 4) is 11.4 Å². The molecule has 2 N–H and O–H groups in total. The Morgan fingerprint density at radius 1 is 0.914 bits per heavy atom. The Kier molecular flexibility index (Phi) is 8.69. The average molecular weight is 549 g/mol. The highest BCUT2D eigenvalue weighted by atomic mass is 35.5. The molecule has 0 atom stereocenters. The van der Waals surface area contributed by atoms with Crippen molar-refractivity contribution in [2.24, 2.45) is 0 Å². The smallest absolute Gasteiger partial charge is 0.227 e. The Bertz CT molecular complexity index is 1300. The van der Waals surface area contributed by atoms with Gasteiger partial charge in [-0.05, 0) is 48.5 Å². The summed E-state index contributed by atoms with van der Waals surface area (Å²) in [5, 5.41) is 19.1. The van der Waals surface area contributed by atoms with Crippen LogP contribution in [0.5, 0.6) is 0 Å². The van der Waals surface area contributed by atoms with Crippen molar-refractivity contribution in [1.82, 2.24) is 20.3 Å². The van der Waals surface area contributed by atoms with Crippen LogP contribution < -0.4 is 10.6 Å². The number of nitrogens with zero attached hydrogens (tertiary/aromatic N) is 4. The molecular formula is C22H18Cl2N6O3S2. The number of carbonyl (C=O) groups excluding carboxylic acids is 2. The minimum absolute atomic E-state index is 0.113. The maximum absolute atomic E-state index is 12.3. The van der Waals surface area contributed by atoms with Gasteiger partial charge in [0.1, 0.15) is 0 Å². The van der Waals surface area contributed by atoms with E-state index in [0.717, 1.165) is 5.56 Å². The van der Waals surface area contributed by atoms with Gasteiger partial charge in [-0.1, -0.05) is 51.5 Å². The zero-order valence-electron chi connectivity index (χ0n) is 18.0. The van der Waals surface area contributed by atoms with E-state index in [4.69, 9.17) is 27.7 Å². The molecule has 0 aliphatic carbocycles. The number of amides is 2. The quantitative estimate of drug-likeness (QED) is 0.194. The predicted octanol–water partition coefficient (Wildman–Crippen LogP) is 5.59. The molecular weight excluding hydrogens is 531 g/mol. The van der Waals surface area contributed by atoms with E-state index < -0.39 is 0 Å². The van der Waals surface area contributed by atoms with Crippen LogP contribution in [0, 0.1) is 0 Å². The number of hydrogen-bond acceptors (Lipinski definition) is 9. The van der Waals surface area contributed by atoms with Crippen LogP contribution in [0.1, 0.15) is 18.7 Å². The molecule has 4 rings (SSSR count). The molecule has 0 spiro atoms. The summed E-state index contributed by atoms with van der Waals surface area (Å²) in [6.07, 6.45) is 0.738. The molecule has 0 saturated carbocycles. The maximum atomic E-state index is 12.3. The lowest BCUT2D eigenvalue weighted by molar-refractivity contribution is -0.116. The number of aryl methyl sites for hydroxylation is 1. The van der Waals surface area contributed by atoms with E-state index >= 15 is 0 Å². The summed E-state index contributed by atoms with van der Waals surface area (Å²) >= 11 is 14.4. The van der Waals surface area contributed by atoms with Crippen LogP contribution in [0.15, 0.2) is 57.4 Å². The summed E-state index contributed by atoms with van der Waals surface area (Å²) in [7, 11) is 0. The third-order valence-electron chi connectivity index (χ3n) is 4.47. The second kappa shape index (κ2) is 12.1. The van der Waals surface area contributed by atoms with E-state index in [2.05, 4.69) is 31.0 Å². The molecule has 0 aliphatic heterocycles. The first kappa shape index (κ1) is 25.1. The van der Waals surface area contributed by atoms with Crippen molar-refractivity contribution in [3.63, 3.8) is 0 Å². The minimum atomic E-state index is -0.244. The first-order valence-corrected chi connectivity index (χ1v) is 12.9. The van der Waals surface area contributed by atoms with Gasteiger partial charge in [0.15, 0.2) is 4.34 Å². The summed E-state index contributed by atoms with van der Waals surface area (Å²) in [5.41, 5.74) is 1.46. The molecule has 0 fully saturated rings. The van der Waals surface area contributed by atoms with Crippen LogP contribution in [0.25, 0.3) is 11.4 Å². The molecule has 4 aromatic rings. The maximum Gasteiger partial charge on any atom is 0.227 e. The summed E-state index contributed by atoms with van der Waals surface area (Å²) in [4.78, 5) is 28.6. The van der Waals surface area contributed by atoms with Crippen LogP contribution in [0.3, 0.4) is 0 Å². The molecule has 2 heterocycles. The molecule has 0 bridgehead atoms. The Morgan fingerprint density at radius 2 is 1.60 bits per heavy atom. The molecule has 35 heavy (non-hydrogen) atoms. The summed E-state index contributed by atoms with van der Waals surface area (Å²) in [5.74, 6) is 0.958. The third-order valence-corrected chi connectivity index (χ3v) is 6.95. The van der Waals surface area contributed by atoms with E-state index in [1.54, 1.807) is 48.5 Å². The summed E-state index contributed by atoms with van der Waals surface area (Å²) < 4.78 is 5.88. The first-order valence-electron chi connectivity index (χ1n) is 10.3. The normalized spacial score (nSPS) is 10.8. The van der Waals surface area contributed by atoms with Crippen molar-refractivity contribution in [2.75, 3.05) is 16.4 Å². The molecule has 0 aliphatic rings. The van der Waals surface area contributed by atoms with Crippen LogP contribution in [-0.2, 0) is 16.0 Å². The second-order valence-corrected chi connectivity index (χ2v) is 10.3. The van der Waals surface area contributed by atoms with Gasteiger partial charge >= 0.3 is 0 Å². The van der Waals surface area contributed by atoms with E-state index in [9.17, 15) is 9.59 Å². The summed E-state index contributed by atoms with van der Waals surface area (Å²) in [6, 6.07) is 14.0. The van der Waals surface area contributed by atoms with E-state index in [1.807, 2.05) is 0 Å². The van der Waals surface area contributed by atoms with Gasteiger partial charge in [0, 0.05) is 46.3 Å². The Morgan fingerprint density at radius 3 is 2.34 bits per heavy atom. The fraction of sp³-hybridized carbons (Fsp3) is 0.182. The van der Waals surface area contributed by atoms with Gasteiger partial charge < -0.3 is 15.2 Å². The highest BCUT2D eigenvalue weighted by Gasteiger charge is 2.13. The van der Waals surface area contributed by atoms with Gasteiger partial charge in [0.25, 0.3) is 0 Å². The number of rotatable bonds is 10. The Balaban J connectivity index is 1.17. The highest BCUT2D eigenvalue weighted by molar-refractivity contribution is 8.01. The molecule has 0 unspecified atom stereocenters. The number of halogens is 2. The second-order valence-electron chi connectivity index (χ2n) is 7.09. The number of thioether (sulfide) groups is 1. The van der Waals surface area contributed by atoms with E-state index in [0.29, 0.717) is 49.1 Å². The van der Waals surface area contributed by atoms with E-state index in [1.165, 1.54) is 23.1 Å². The number of nitrogens with one attached hydrogen (secondary N) is 2. The Hall–Kier alpha value is -2.99. The van der Waals surface area contributed by atoms with Crippen molar-refractivity contribution in [1.29, 1.82) is 0 Å². The lowest BCUT2D eigenvalue weighted by Gasteiger charge is -2.04. The fourth-order valence-corrected chi connectivity index (χ4v) is 4.81. The van der Waals surface area contributed by atoms with E-state index in [-0.39, 0.29) is 24.7 Å². The zero-order valence-corrected chi connectivity index (χ0v) is 21.2. The highest BCUT2D eigenvalue weighted by Crippen LogP contribution is 2.26. The summed E-state index contributed by atoms with van der Waals surface area (Å²) in [6.45, 7) is 0. The van der Waals surface area contributed by atoms with Gasteiger partial charge in [0.05, 0.1) is 0 Å². The Labute approximate surface area is 218 Å². The fourth-order valence-electron chi connectivity index (χ4n) is 2.78. The molecule has 2 aromatic carbocycles. The monoisotopic (exact) mass is 548 g/mol. The van der Waals surface area contributed by atoms with Gasteiger partial charge in [-0.3, -0.25) is 9.59 Å². The number of aromatic nitrogens is 4. The van der Waals surface area contributed by atoms with Crippen molar-refractivity contribution < 1.29 is 14.1 Å². The lowest BCUT2D eigenvalue weighted by atomic mass is 10.2. The molecule has 0 radical (unpaired) electrons. The largest absolute Gasteiger partial charge is 0.339 e.